The normalized spacial score (nSPS) is 13.4. The number of carboxylic acid groups (broad SMARTS) is 1. The van der Waals surface area contributed by atoms with Crippen LogP contribution in [0.1, 0.15) is 41.8 Å². The van der Waals surface area contributed by atoms with Gasteiger partial charge in [-0.25, -0.2) is 9.48 Å². The zero-order valence-corrected chi connectivity index (χ0v) is 18.8. The van der Waals surface area contributed by atoms with Crippen molar-refractivity contribution in [2.24, 2.45) is 0 Å². The summed E-state index contributed by atoms with van der Waals surface area (Å²) in [5, 5.41) is 29.1. The van der Waals surface area contributed by atoms with Gasteiger partial charge < -0.3 is 15.5 Å². The summed E-state index contributed by atoms with van der Waals surface area (Å²) >= 11 is 0. The zero-order valence-electron chi connectivity index (χ0n) is 18.8. The van der Waals surface area contributed by atoms with E-state index in [-0.39, 0.29) is 6.04 Å². The van der Waals surface area contributed by atoms with Crippen molar-refractivity contribution in [3.8, 4) is 0 Å². The minimum Gasteiger partial charge on any atom is -0.475 e. The van der Waals surface area contributed by atoms with E-state index in [1.54, 1.807) is 23.3 Å². The van der Waals surface area contributed by atoms with Crippen LogP contribution in [0.3, 0.4) is 0 Å². The molecule has 2 unspecified atom stereocenters. The summed E-state index contributed by atoms with van der Waals surface area (Å²) < 4.78 is 71.5. The topological polar surface area (TPSA) is 113 Å². The Morgan fingerprint density at radius 3 is 2.25 bits per heavy atom. The molecule has 0 bridgehead atoms. The minimum atomic E-state index is -5.08. The van der Waals surface area contributed by atoms with Crippen LogP contribution in [-0.4, -0.2) is 48.4 Å². The number of halogens is 6. The average molecular weight is 519 g/mol. The molecule has 0 spiro atoms. The van der Waals surface area contributed by atoms with Gasteiger partial charge in [-0.1, -0.05) is 30.3 Å². The molecular formula is C22H23F6N5O3. The Morgan fingerprint density at radius 1 is 1.11 bits per heavy atom. The molecule has 2 atom stereocenters. The lowest BCUT2D eigenvalue weighted by molar-refractivity contribution is -0.192. The van der Waals surface area contributed by atoms with Crippen LogP contribution < -0.4 is 5.32 Å². The number of carbonyl (C=O) groups is 1. The van der Waals surface area contributed by atoms with Gasteiger partial charge in [-0.15, -0.1) is 5.10 Å². The Morgan fingerprint density at radius 2 is 1.75 bits per heavy atom. The number of rotatable bonds is 8. The second-order valence-corrected chi connectivity index (χ2v) is 7.53. The molecule has 14 heteroatoms. The van der Waals surface area contributed by atoms with E-state index in [9.17, 15) is 31.4 Å². The summed E-state index contributed by atoms with van der Waals surface area (Å²) in [6.45, 7) is 2.82. The van der Waals surface area contributed by atoms with Crippen LogP contribution in [0.25, 0.3) is 0 Å². The van der Waals surface area contributed by atoms with Gasteiger partial charge in [-0.3, -0.25) is 4.98 Å². The number of alkyl halides is 6. The molecule has 8 nitrogen and oxygen atoms in total. The van der Waals surface area contributed by atoms with Crippen molar-refractivity contribution in [2.75, 3.05) is 0 Å². The Bertz CT molecular complexity index is 1090. The Kier molecular flexibility index (Phi) is 9.93. The summed E-state index contributed by atoms with van der Waals surface area (Å²) in [5.74, 6) is -2.76. The van der Waals surface area contributed by atoms with Gasteiger partial charge in [0.1, 0.15) is 0 Å². The molecule has 3 aromatic rings. The van der Waals surface area contributed by atoms with Gasteiger partial charge in [-0.05, 0) is 35.7 Å². The molecule has 0 aliphatic carbocycles. The maximum Gasteiger partial charge on any atom is 0.490 e. The van der Waals surface area contributed by atoms with Gasteiger partial charge in [0.15, 0.2) is 0 Å². The Labute approximate surface area is 201 Å². The van der Waals surface area contributed by atoms with Crippen LogP contribution in [-0.2, 0) is 24.1 Å². The quantitative estimate of drug-likeness (QED) is 0.386. The molecule has 1 aromatic carbocycles. The van der Waals surface area contributed by atoms with Gasteiger partial charge in [0, 0.05) is 25.0 Å². The number of nitrogens with one attached hydrogen (secondary N) is 1. The van der Waals surface area contributed by atoms with Crippen LogP contribution in [0.5, 0.6) is 0 Å². The first-order valence-corrected chi connectivity index (χ1v) is 10.5. The second-order valence-electron chi connectivity index (χ2n) is 7.53. The van der Waals surface area contributed by atoms with Crippen LogP contribution in [0.2, 0.25) is 0 Å². The predicted molar refractivity (Wildman–Crippen MR) is 114 cm³/mol. The largest absolute Gasteiger partial charge is 0.490 e. The number of hydrogen-bond donors (Lipinski definition) is 3. The SMILES string of the molecule is CCC(NCc1cn(Cc2cccnc2)nn1)C(O)c1ccc(C(F)(F)F)cc1.O=C(O)C(F)(F)F. The molecular weight excluding hydrogens is 496 g/mol. The second kappa shape index (κ2) is 12.4. The summed E-state index contributed by atoms with van der Waals surface area (Å²) in [6, 6.07) is 8.04. The molecule has 0 radical (unpaired) electrons. The number of aromatic nitrogens is 4. The predicted octanol–water partition coefficient (Wildman–Crippen LogP) is 3.98. The molecule has 0 saturated carbocycles. The third-order valence-electron chi connectivity index (χ3n) is 4.84. The van der Waals surface area contributed by atoms with Crippen molar-refractivity contribution in [1.82, 2.24) is 25.3 Å². The lowest BCUT2D eigenvalue weighted by Crippen LogP contribution is -2.34. The lowest BCUT2D eigenvalue weighted by atomic mass is 9.99. The Hall–Kier alpha value is -3.52. The summed E-state index contributed by atoms with van der Waals surface area (Å²) in [5.41, 5.74) is 1.39. The summed E-state index contributed by atoms with van der Waals surface area (Å²) in [7, 11) is 0. The molecule has 0 fully saturated rings. The number of aliphatic hydroxyl groups is 1. The van der Waals surface area contributed by atoms with Crippen molar-refractivity contribution in [3.05, 3.63) is 77.4 Å². The van der Waals surface area contributed by atoms with Crippen molar-refractivity contribution in [2.45, 2.75) is 50.9 Å². The molecule has 0 saturated heterocycles. The third-order valence-corrected chi connectivity index (χ3v) is 4.84. The van der Waals surface area contributed by atoms with E-state index in [1.165, 1.54) is 12.1 Å². The van der Waals surface area contributed by atoms with Crippen molar-refractivity contribution >= 4 is 5.97 Å². The smallest absolute Gasteiger partial charge is 0.475 e. The number of nitrogens with zero attached hydrogens (tertiary/aromatic N) is 4. The fourth-order valence-electron chi connectivity index (χ4n) is 2.99. The molecule has 3 N–H and O–H groups in total. The van der Waals surface area contributed by atoms with Gasteiger partial charge in [0.25, 0.3) is 0 Å². The van der Waals surface area contributed by atoms with E-state index in [0.717, 1.165) is 17.7 Å². The maximum atomic E-state index is 12.7. The standard InChI is InChI=1S/C20H22F3N5O.C2HF3O2/c1-2-18(19(29)15-5-7-16(8-6-15)20(21,22)23)25-11-17-13-28(27-26-17)12-14-4-3-9-24-10-14;3-2(4,5)1(6)7/h3-10,13,18-19,25,29H,2,11-12H2,1H3;(H,6,7). The first-order chi connectivity index (χ1) is 16.8. The zero-order chi connectivity index (χ0) is 26.9. The minimum absolute atomic E-state index is 0.338. The van der Waals surface area contributed by atoms with Crippen LogP contribution in [0.15, 0.2) is 55.0 Å². The van der Waals surface area contributed by atoms with Gasteiger partial charge >= 0.3 is 18.3 Å². The molecule has 0 aliphatic heterocycles. The molecule has 2 heterocycles. The van der Waals surface area contributed by atoms with Crippen molar-refractivity contribution in [3.63, 3.8) is 0 Å². The van der Waals surface area contributed by atoms with Crippen molar-refractivity contribution in [1.29, 1.82) is 0 Å². The van der Waals surface area contributed by atoms with Crippen molar-refractivity contribution < 1.29 is 41.4 Å². The lowest BCUT2D eigenvalue weighted by Gasteiger charge is -2.23. The van der Waals surface area contributed by atoms with E-state index in [4.69, 9.17) is 9.90 Å². The number of pyridine rings is 1. The van der Waals surface area contributed by atoms with Crippen LogP contribution in [0.4, 0.5) is 26.3 Å². The average Bonchev–Trinajstić information content (AvgIpc) is 3.26. The molecule has 0 aliphatic rings. The van der Waals surface area contributed by atoms with E-state index < -0.39 is 30.0 Å². The molecule has 0 amide bonds. The molecule has 196 valence electrons. The summed E-state index contributed by atoms with van der Waals surface area (Å²) in [4.78, 5) is 13.0. The van der Waals surface area contributed by atoms with E-state index in [0.29, 0.717) is 30.8 Å². The van der Waals surface area contributed by atoms with Gasteiger partial charge in [-0.2, -0.15) is 26.3 Å². The highest BCUT2D eigenvalue weighted by molar-refractivity contribution is 5.73. The summed E-state index contributed by atoms with van der Waals surface area (Å²) in [6.07, 6.45) is -4.57. The molecule has 36 heavy (non-hydrogen) atoms. The van der Waals surface area contributed by atoms with E-state index >= 15 is 0 Å². The first-order valence-electron chi connectivity index (χ1n) is 10.5. The van der Waals surface area contributed by atoms with Gasteiger partial charge in [0.2, 0.25) is 0 Å². The monoisotopic (exact) mass is 519 g/mol. The molecule has 2 aromatic heterocycles. The fourth-order valence-corrected chi connectivity index (χ4v) is 2.99. The van der Waals surface area contributed by atoms with Gasteiger partial charge in [0.05, 0.1) is 30.1 Å². The molecule has 3 rings (SSSR count). The fraction of sp³-hybridized carbons (Fsp3) is 0.364. The van der Waals surface area contributed by atoms with Crippen LogP contribution >= 0.6 is 0 Å². The first kappa shape index (κ1) is 28.7. The number of aliphatic carboxylic acids is 1. The number of hydrogen-bond acceptors (Lipinski definition) is 6. The number of carboxylic acids is 1. The van der Waals surface area contributed by atoms with E-state index in [1.807, 2.05) is 19.1 Å². The third kappa shape index (κ3) is 8.92. The highest BCUT2D eigenvalue weighted by Gasteiger charge is 2.38. The highest BCUT2D eigenvalue weighted by Crippen LogP contribution is 2.30. The van der Waals surface area contributed by atoms with E-state index in [2.05, 4.69) is 20.6 Å². The van der Waals surface area contributed by atoms with Crippen LogP contribution in [0, 0.1) is 0 Å². The maximum absolute atomic E-state index is 12.7. The Balaban J connectivity index is 0.000000572. The number of aliphatic hydroxyl groups excluding tert-OH is 1. The number of benzene rings is 1. The highest BCUT2D eigenvalue weighted by atomic mass is 19.4.